The summed E-state index contributed by atoms with van der Waals surface area (Å²) in [4.78, 5) is 10.2. The zero-order valence-electron chi connectivity index (χ0n) is 27.4. The Kier molecular flexibility index (Phi) is 6.33. The molecule has 0 saturated carbocycles. The third-order valence-electron chi connectivity index (χ3n) is 9.79. The van der Waals surface area contributed by atoms with Crippen LogP contribution in [0.4, 0.5) is 17.1 Å². The maximum atomic E-state index is 5.12. The van der Waals surface area contributed by atoms with Crippen molar-refractivity contribution < 1.29 is 0 Å². The lowest BCUT2D eigenvalue weighted by Crippen LogP contribution is -2.25. The summed E-state index contributed by atoms with van der Waals surface area (Å²) in [6, 6.07) is 59.9. The highest BCUT2D eigenvalue weighted by molar-refractivity contribution is 6.16. The minimum Gasteiger partial charge on any atom is -0.309 e. The Balaban J connectivity index is 1.12. The molecule has 1 aliphatic rings. The van der Waals surface area contributed by atoms with E-state index in [0.717, 1.165) is 39.5 Å². The summed E-state index contributed by atoms with van der Waals surface area (Å²) in [5.74, 6) is 0.698. The molecule has 50 heavy (non-hydrogen) atoms. The lowest BCUT2D eigenvalue weighted by atomic mass is 10.1. The van der Waals surface area contributed by atoms with Crippen LogP contribution in [0.5, 0.6) is 0 Å². The highest BCUT2D eigenvalue weighted by atomic mass is 15.7. The molecule has 5 nitrogen and oxygen atoms in total. The summed E-state index contributed by atoms with van der Waals surface area (Å²) in [5, 5.41) is 9.40. The first kappa shape index (κ1) is 28.3. The van der Waals surface area contributed by atoms with Gasteiger partial charge >= 0.3 is 0 Å². The van der Waals surface area contributed by atoms with Crippen molar-refractivity contribution in [2.75, 3.05) is 17.1 Å². The van der Waals surface area contributed by atoms with Crippen molar-refractivity contribution in [2.24, 2.45) is 0 Å². The largest absolute Gasteiger partial charge is 0.309 e. The molecule has 0 bridgehead atoms. The van der Waals surface area contributed by atoms with Crippen LogP contribution in [0.3, 0.4) is 0 Å². The normalized spacial score (nSPS) is 12.1. The minimum absolute atomic E-state index is 0.698. The van der Waals surface area contributed by atoms with Gasteiger partial charge < -0.3 is 4.57 Å². The predicted octanol–water partition coefficient (Wildman–Crippen LogP) is 11.2. The zero-order chi connectivity index (χ0) is 33.2. The van der Waals surface area contributed by atoms with E-state index >= 15 is 0 Å². The second-order valence-electron chi connectivity index (χ2n) is 12.8. The van der Waals surface area contributed by atoms with E-state index in [1.807, 2.05) is 12.1 Å². The summed E-state index contributed by atoms with van der Waals surface area (Å²) >= 11 is 0. The third kappa shape index (κ3) is 4.63. The molecule has 0 saturated heterocycles. The van der Waals surface area contributed by atoms with E-state index in [0.29, 0.717) is 5.82 Å². The van der Waals surface area contributed by atoms with Crippen molar-refractivity contribution in [3.63, 3.8) is 0 Å². The van der Waals surface area contributed by atoms with Gasteiger partial charge in [0.05, 0.1) is 39.5 Å². The van der Waals surface area contributed by atoms with Crippen LogP contribution in [0, 0.1) is 0 Å². The van der Waals surface area contributed by atoms with Crippen molar-refractivity contribution in [1.29, 1.82) is 0 Å². The van der Waals surface area contributed by atoms with Gasteiger partial charge in [-0.25, -0.2) is 15.0 Å². The molecule has 10 rings (SSSR count). The van der Waals surface area contributed by atoms with Crippen LogP contribution in [0.2, 0.25) is 0 Å². The van der Waals surface area contributed by atoms with Gasteiger partial charge in [-0.3, -0.25) is 5.01 Å². The molecule has 0 fully saturated rings. The second kappa shape index (κ2) is 11.2. The second-order valence-corrected chi connectivity index (χ2v) is 12.8. The maximum Gasteiger partial charge on any atom is 0.160 e. The Hall–Kier alpha value is -6.72. The highest BCUT2D eigenvalue weighted by Crippen LogP contribution is 2.52. The van der Waals surface area contributed by atoms with E-state index < -0.39 is 0 Å². The van der Waals surface area contributed by atoms with E-state index in [1.54, 1.807) is 0 Å². The number of aromatic nitrogens is 3. The van der Waals surface area contributed by atoms with E-state index in [2.05, 4.69) is 179 Å². The summed E-state index contributed by atoms with van der Waals surface area (Å²) < 4.78 is 2.38. The first-order valence-corrected chi connectivity index (χ1v) is 16.9. The molecule has 7 aromatic carbocycles. The number of benzene rings is 7. The fourth-order valence-electron chi connectivity index (χ4n) is 7.28. The van der Waals surface area contributed by atoms with E-state index in [1.165, 1.54) is 44.0 Å². The van der Waals surface area contributed by atoms with Crippen LogP contribution in [-0.2, 0) is 0 Å². The van der Waals surface area contributed by atoms with Gasteiger partial charge in [-0.15, -0.1) is 0 Å². The fourth-order valence-corrected chi connectivity index (χ4v) is 7.28. The van der Waals surface area contributed by atoms with Crippen LogP contribution in [0.25, 0.3) is 72.2 Å². The lowest BCUT2D eigenvalue weighted by Gasteiger charge is -2.21. The van der Waals surface area contributed by atoms with Crippen molar-refractivity contribution in [3.8, 4) is 39.6 Å². The van der Waals surface area contributed by atoms with Crippen LogP contribution < -0.4 is 10.0 Å². The SMILES string of the molecule is CN(c1ccccc1)N1c2cc3cc4c5ccccc5n(-c5cccc(-c6nc(-c7ccccc7)cc(-c7ccccc7)n6)c5)c4cc3cc21. The number of rotatable bonds is 6. The molecule has 2 aromatic heterocycles. The zero-order valence-corrected chi connectivity index (χ0v) is 27.4. The molecule has 0 radical (unpaired) electrons. The fraction of sp³-hybridized carbons (Fsp3) is 0.0222. The number of nitrogens with zero attached hydrogens (tertiary/aromatic N) is 5. The molecule has 0 amide bonds. The Bertz CT molecular complexity index is 2660. The van der Waals surface area contributed by atoms with Gasteiger partial charge in [0.15, 0.2) is 5.82 Å². The lowest BCUT2D eigenvalue weighted by molar-refractivity contribution is 1.02. The third-order valence-corrected chi connectivity index (χ3v) is 9.79. The van der Waals surface area contributed by atoms with Crippen molar-refractivity contribution >= 4 is 49.6 Å². The van der Waals surface area contributed by atoms with Crippen molar-refractivity contribution in [1.82, 2.24) is 14.5 Å². The Morgan fingerprint density at radius 2 is 1.04 bits per heavy atom. The molecular formula is C45H31N5. The van der Waals surface area contributed by atoms with Gasteiger partial charge in [0.25, 0.3) is 0 Å². The summed E-state index contributed by atoms with van der Waals surface area (Å²) in [6.45, 7) is 0. The Labute approximate surface area is 289 Å². The monoisotopic (exact) mass is 641 g/mol. The van der Waals surface area contributed by atoms with E-state index in [-0.39, 0.29) is 0 Å². The summed E-state index contributed by atoms with van der Waals surface area (Å²) in [5.41, 5.74) is 11.9. The number of hydrazine groups is 1. The van der Waals surface area contributed by atoms with Gasteiger partial charge in [0.1, 0.15) is 0 Å². The minimum atomic E-state index is 0.698. The number of para-hydroxylation sites is 2. The highest BCUT2D eigenvalue weighted by Gasteiger charge is 2.34. The molecule has 0 aliphatic carbocycles. The molecule has 236 valence electrons. The average molecular weight is 642 g/mol. The van der Waals surface area contributed by atoms with Crippen LogP contribution in [-0.4, -0.2) is 21.6 Å². The van der Waals surface area contributed by atoms with Crippen molar-refractivity contribution in [3.05, 3.63) is 170 Å². The van der Waals surface area contributed by atoms with Gasteiger partial charge in [-0.1, -0.05) is 109 Å². The smallest absolute Gasteiger partial charge is 0.160 e. The summed E-state index contributed by atoms with van der Waals surface area (Å²) in [6.07, 6.45) is 0. The molecule has 0 spiro atoms. The Morgan fingerprint density at radius 3 is 1.72 bits per heavy atom. The van der Waals surface area contributed by atoms with Crippen molar-refractivity contribution in [2.45, 2.75) is 0 Å². The van der Waals surface area contributed by atoms with Gasteiger partial charge in [0.2, 0.25) is 0 Å². The molecule has 5 heteroatoms. The quantitative estimate of drug-likeness (QED) is 0.169. The van der Waals surface area contributed by atoms with Crippen LogP contribution in [0.1, 0.15) is 0 Å². The number of fused-ring (bicyclic) bond motifs is 5. The average Bonchev–Trinajstić information content (AvgIpc) is 3.80. The Morgan fingerprint density at radius 1 is 0.460 bits per heavy atom. The van der Waals surface area contributed by atoms with E-state index in [9.17, 15) is 0 Å². The van der Waals surface area contributed by atoms with Crippen LogP contribution in [0.15, 0.2) is 170 Å². The molecule has 3 heterocycles. The molecule has 0 N–H and O–H groups in total. The summed E-state index contributed by atoms with van der Waals surface area (Å²) in [7, 11) is 2.12. The first-order chi connectivity index (χ1) is 24.7. The van der Waals surface area contributed by atoms with E-state index in [4.69, 9.17) is 9.97 Å². The number of hydrogen-bond donors (Lipinski definition) is 0. The number of hydrogen-bond acceptors (Lipinski definition) is 4. The van der Waals surface area contributed by atoms with Gasteiger partial charge in [-0.2, -0.15) is 0 Å². The van der Waals surface area contributed by atoms with Gasteiger partial charge in [-0.05, 0) is 71.4 Å². The maximum absolute atomic E-state index is 5.12. The topological polar surface area (TPSA) is 37.0 Å². The standard InChI is InChI=1S/C45H31N5/c1-48(35-19-9-4-10-20-35)50-43-27-33-25-38-37-22-11-12-23-41(37)49(42(38)26-34(33)28-44(43)50)36-21-13-18-32(24-36)45-46-39(30-14-5-2-6-15-30)29-40(47-45)31-16-7-3-8-17-31/h2-29H,1H3. The predicted molar refractivity (Wildman–Crippen MR) is 207 cm³/mol. The van der Waals surface area contributed by atoms with Crippen LogP contribution >= 0.6 is 0 Å². The molecule has 0 unspecified atom stereocenters. The molecule has 1 aliphatic heterocycles. The number of anilines is 3. The first-order valence-electron chi connectivity index (χ1n) is 16.9. The van der Waals surface area contributed by atoms with Gasteiger partial charge in [0, 0.05) is 40.2 Å². The molecule has 9 aromatic rings. The molecular weight excluding hydrogens is 611 g/mol. The molecule has 0 atom stereocenters.